The van der Waals surface area contributed by atoms with Crippen LogP contribution in [-0.4, -0.2) is 24.7 Å². The zero-order valence-corrected chi connectivity index (χ0v) is 9.43. The molecule has 0 aliphatic heterocycles. The lowest BCUT2D eigenvalue weighted by Crippen LogP contribution is -2.00. The van der Waals surface area contributed by atoms with Gasteiger partial charge in [-0.2, -0.15) is 5.10 Å². The van der Waals surface area contributed by atoms with E-state index in [2.05, 4.69) is 20.1 Å². The third-order valence-electron chi connectivity index (χ3n) is 2.43. The molecule has 0 radical (unpaired) electrons. The van der Waals surface area contributed by atoms with Gasteiger partial charge in [0.2, 0.25) is 0 Å². The van der Waals surface area contributed by atoms with Crippen LogP contribution in [0.3, 0.4) is 0 Å². The quantitative estimate of drug-likeness (QED) is 0.727. The predicted molar refractivity (Wildman–Crippen MR) is 66.8 cm³/mol. The van der Waals surface area contributed by atoms with Crippen LogP contribution in [0.15, 0.2) is 49.2 Å². The van der Waals surface area contributed by atoms with E-state index in [0.29, 0.717) is 17.3 Å². The number of hydrogen-bond donors (Lipinski definition) is 1. The maximum Gasteiger partial charge on any atom is 0.250 e. The van der Waals surface area contributed by atoms with Gasteiger partial charge in [0.25, 0.3) is 5.95 Å². The lowest BCUT2D eigenvalue weighted by atomic mass is 10.2. The molecule has 6 heteroatoms. The minimum absolute atomic E-state index is 0.486. The van der Waals surface area contributed by atoms with E-state index >= 15 is 0 Å². The number of aromatic nitrogens is 5. The second-order valence-electron chi connectivity index (χ2n) is 3.67. The van der Waals surface area contributed by atoms with Crippen LogP contribution in [0, 0.1) is 0 Å². The third kappa shape index (κ3) is 1.80. The second kappa shape index (κ2) is 4.25. The Kier molecular flexibility index (Phi) is 2.45. The first-order valence-electron chi connectivity index (χ1n) is 5.37. The van der Waals surface area contributed by atoms with Crippen LogP contribution >= 0.6 is 0 Å². The Hall–Kier alpha value is -2.76. The first kappa shape index (κ1) is 10.4. The number of hydrogen-bond acceptors (Lipinski definition) is 5. The van der Waals surface area contributed by atoms with Crippen LogP contribution < -0.4 is 5.73 Å². The highest BCUT2D eigenvalue weighted by Gasteiger charge is 2.10. The zero-order valence-electron chi connectivity index (χ0n) is 9.43. The van der Waals surface area contributed by atoms with Gasteiger partial charge < -0.3 is 5.73 Å². The fraction of sp³-hybridized carbons (Fsp3) is 0. The van der Waals surface area contributed by atoms with E-state index in [9.17, 15) is 0 Å². The van der Waals surface area contributed by atoms with E-state index in [4.69, 9.17) is 5.73 Å². The summed E-state index contributed by atoms with van der Waals surface area (Å²) < 4.78 is 1.55. The molecule has 0 unspecified atom stereocenters. The predicted octanol–water partition coefficient (Wildman–Crippen LogP) is 1.31. The molecule has 2 N–H and O–H groups in total. The Bertz CT molecular complexity index is 647. The van der Waals surface area contributed by atoms with Crippen molar-refractivity contribution in [3.63, 3.8) is 0 Å². The van der Waals surface area contributed by atoms with Crippen LogP contribution in [0.25, 0.3) is 17.2 Å². The second-order valence-corrected chi connectivity index (χ2v) is 3.67. The van der Waals surface area contributed by atoms with Gasteiger partial charge in [0.1, 0.15) is 5.69 Å². The molecule has 3 aromatic heterocycles. The Morgan fingerprint density at radius 3 is 2.61 bits per heavy atom. The van der Waals surface area contributed by atoms with E-state index < -0.39 is 0 Å². The molecule has 0 saturated carbocycles. The van der Waals surface area contributed by atoms with E-state index in [1.807, 2.05) is 12.1 Å². The first-order chi connectivity index (χ1) is 8.84. The standard InChI is InChI=1S/C12H10N6/c13-10-8-18(12-15-5-2-6-16-12)17-11(10)9-3-1-4-14-7-9/h1-8H,13H2. The summed E-state index contributed by atoms with van der Waals surface area (Å²) in [5.74, 6) is 0.486. The molecule has 0 fully saturated rings. The van der Waals surface area contributed by atoms with Crippen molar-refractivity contribution in [1.82, 2.24) is 24.7 Å². The molecule has 0 saturated heterocycles. The lowest BCUT2D eigenvalue weighted by Gasteiger charge is -1.97. The highest BCUT2D eigenvalue weighted by Crippen LogP contribution is 2.23. The molecule has 0 bridgehead atoms. The van der Waals surface area contributed by atoms with E-state index in [0.717, 1.165) is 5.56 Å². The van der Waals surface area contributed by atoms with Crippen molar-refractivity contribution >= 4 is 5.69 Å². The topological polar surface area (TPSA) is 82.5 Å². The Morgan fingerprint density at radius 2 is 1.89 bits per heavy atom. The van der Waals surface area contributed by atoms with Gasteiger partial charge in [-0.3, -0.25) is 4.98 Å². The molecule has 0 amide bonds. The molecule has 18 heavy (non-hydrogen) atoms. The number of nitrogen functional groups attached to an aromatic ring is 1. The number of nitrogens with zero attached hydrogens (tertiary/aromatic N) is 5. The molecule has 88 valence electrons. The molecule has 0 aliphatic carbocycles. The summed E-state index contributed by atoms with van der Waals surface area (Å²) >= 11 is 0. The Balaban J connectivity index is 2.07. The lowest BCUT2D eigenvalue weighted by molar-refractivity contribution is 0.811. The normalized spacial score (nSPS) is 10.4. The zero-order chi connectivity index (χ0) is 12.4. The molecule has 6 nitrogen and oxygen atoms in total. The van der Waals surface area contributed by atoms with Gasteiger partial charge in [-0.05, 0) is 18.2 Å². The van der Waals surface area contributed by atoms with Gasteiger partial charge in [0, 0.05) is 30.4 Å². The van der Waals surface area contributed by atoms with Crippen molar-refractivity contribution in [3.05, 3.63) is 49.2 Å². The van der Waals surface area contributed by atoms with Gasteiger partial charge in [0.15, 0.2) is 0 Å². The highest BCUT2D eigenvalue weighted by atomic mass is 15.3. The molecule has 0 spiro atoms. The molecule has 0 aromatic carbocycles. The molecule has 3 rings (SSSR count). The largest absolute Gasteiger partial charge is 0.396 e. The van der Waals surface area contributed by atoms with Crippen molar-refractivity contribution in [2.45, 2.75) is 0 Å². The Morgan fingerprint density at radius 1 is 1.06 bits per heavy atom. The molecule has 3 aromatic rings. The summed E-state index contributed by atoms with van der Waals surface area (Å²) in [6.07, 6.45) is 8.43. The van der Waals surface area contributed by atoms with Crippen molar-refractivity contribution < 1.29 is 0 Å². The first-order valence-corrected chi connectivity index (χ1v) is 5.37. The number of pyridine rings is 1. The van der Waals surface area contributed by atoms with E-state index in [-0.39, 0.29) is 0 Å². The van der Waals surface area contributed by atoms with Crippen LogP contribution in [0.2, 0.25) is 0 Å². The van der Waals surface area contributed by atoms with E-state index in [1.165, 1.54) is 0 Å². The van der Waals surface area contributed by atoms with Crippen molar-refractivity contribution in [2.24, 2.45) is 0 Å². The Labute approximate surface area is 103 Å². The summed E-state index contributed by atoms with van der Waals surface area (Å²) in [5.41, 5.74) is 8.05. The molecule has 0 aliphatic rings. The monoisotopic (exact) mass is 238 g/mol. The summed E-state index contributed by atoms with van der Waals surface area (Å²) in [6, 6.07) is 5.49. The summed E-state index contributed by atoms with van der Waals surface area (Å²) in [4.78, 5) is 12.3. The van der Waals surface area contributed by atoms with Crippen LogP contribution in [0.5, 0.6) is 0 Å². The maximum atomic E-state index is 5.94. The summed E-state index contributed by atoms with van der Waals surface area (Å²) in [7, 11) is 0. The van der Waals surface area contributed by atoms with E-state index in [1.54, 1.807) is 41.7 Å². The maximum absolute atomic E-state index is 5.94. The molecular formula is C12H10N6. The smallest absolute Gasteiger partial charge is 0.250 e. The molecule has 0 atom stereocenters. The van der Waals surface area contributed by atoms with Crippen molar-refractivity contribution in [2.75, 3.05) is 5.73 Å². The number of rotatable bonds is 2. The van der Waals surface area contributed by atoms with Gasteiger partial charge >= 0.3 is 0 Å². The SMILES string of the molecule is Nc1cn(-c2ncccn2)nc1-c1cccnc1. The minimum atomic E-state index is 0.486. The van der Waals surface area contributed by atoms with Gasteiger partial charge in [0.05, 0.1) is 11.9 Å². The van der Waals surface area contributed by atoms with Gasteiger partial charge in [-0.1, -0.05) is 0 Å². The molecule has 3 heterocycles. The van der Waals surface area contributed by atoms with Crippen molar-refractivity contribution in [1.29, 1.82) is 0 Å². The van der Waals surface area contributed by atoms with Crippen LogP contribution in [0.1, 0.15) is 0 Å². The average molecular weight is 238 g/mol. The molecular weight excluding hydrogens is 228 g/mol. The van der Waals surface area contributed by atoms with Crippen LogP contribution in [0.4, 0.5) is 5.69 Å². The number of anilines is 1. The fourth-order valence-corrected chi connectivity index (χ4v) is 1.63. The van der Waals surface area contributed by atoms with Crippen LogP contribution in [-0.2, 0) is 0 Å². The van der Waals surface area contributed by atoms with Gasteiger partial charge in [-0.25, -0.2) is 14.6 Å². The minimum Gasteiger partial charge on any atom is -0.396 e. The average Bonchev–Trinajstić information content (AvgIpc) is 2.83. The fourth-order valence-electron chi connectivity index (χ4n) is 1.63. The highest BCUT2D eigenvalue weighted by molar-refractivity contribution is 5.71. The summed E-state index contributed by atoms with van der Waals surface area (Å²) in [6.45, 7) is 0. The van der Waals surface area contributed by atoms with Gasteiger partial charge in [-0.15, -0.1) is 0 Å². The number of nitrogens with two attached hydrogens (primary N) is 1. The third-order valence-corrected chi connectivity index (χ3v) is 2.43. The summed E-state index contributed by atoms with van der Waals surface area (Å²) in [5, 5.41) is 4.38. The van der Waals surface area contributed by atoms with Crippen molar-refractivity contribution in [3.8, 4) is 17.2 Å².